The molecule has 4 rings (SSSR count). The van der Waals surface area contributed by atoms with Crippen molar-refractivity contribution in [2.45, 2.75) is 26.7 Å². The van der Waals surface area contributed by atoms with Gasteiger partial charge in [-0.3, -0.25) is 9.59 Å². The third kappa shape index (κ3) is 3.38. The number of fused-ring (bicyclic) bond motifs is 1. The van der Waals surface area contributed by atoms with Crippen LogP contribution in [0, 0.1) is 13.8 Å². The molecular weight excluding hydrogens is 388 g/mol. The van der Waals surface area contributed by atoms with Crippen molar-refractivity contribution in [2.24, 2.45) is 0 Å². The Morgan fingerprint density at radius 2 is 1.86 bits per heavy atom. The van der Waals surface area contributed by atoms with Gasteiger partial charge in [-0.15, -0.1) is 11.3 Å². The number of carbonyl (C=O) groups is 3. The van der Waals surface area contributed by atoms with Crippen LogP contribution >= 0.6 is 11.3 Å². The first-order valence-electron chi connectivity index (χ1n) is 9.24. The molecule has 0 saturated carbocycles. The van der Waals surface area contributed by atoms with Gasteiger partial charge in [0, 0.05) is 22.6 Å². The summed E-state index contributed by atoms with van der Waals surface area (Å²) in [6, 6.07) is 10.7. The Morgan fingerprint density at radius 3 is 2.59 bits per heavy atom. The molecule has 1 aliphatic heterocycles. The minimum Gasteiger partial charge on any atom is -0.454 e. The van der Waals surface area contributed by atoms with Crippen LogP contribution in [0.5, 0.6) is 0 Å². The van der Waals surface area contributed by atoms with Gasteiger partial charge in [-0.05, 0) is 68.1 Å². The second-order valence-corrected chi connectivity index (χ2v) is 8.00. The number of amides is 1. The van der Waals surface area contributed by atoms with Crippen molar-refractivity contribution in [2.75, 3.05) is 11.9 Å². The molecule has 3 aromatic rings. The highest BCUT2D eigenvalue weighted by Crippen LogP contribution is 2.33. The second kappa shape index (κ2) is 7.33. The van der Waals surface area contributed by atoms with Crippen LogP contribution in [0.2, 0.25) is 0 Å². The van der Waals surface area contributed by atoms with Gasteiger partial charge in [0.05, 0.1) is 11.5 Å². The zero-order chi connectivity index (χ0) is 20.7. The average molecular weight is 408 g/mol. The molecule has 3 heterocycles. The molecule has 1 aliphatic rings. The predicted octanol–water partition coefficient (Wildman–Crippen LogP) is 4.25. The summed E-state index contributed by atoms with van der Waals surface area (Å²) < 4.78 is 7.31. The van der Waals surface area contributed by atoms with Crippen LogP contribution in [0.15, 0.2) is 41.8 Å². The summed E-state index contributed by atoms with van der Waals surface area (Å²) in [7, 11) is 0. The van der Waals surface area contributed by atoms with E-state index in [-0.39, 0.29) is 24.2 Å². The highest BCUT2D eigenvalue weighted by molar-refractivity contribution is 7.13. The van der Waals surface area contributed by atoms with Crippen molar-refractivity contribution >= 4 is 34.7 Å². The topological polar surface area (TPSA) is 77.4 Å². The molecule has 1 amide bonds. The van der Waals surface area contributed by atoms with Crippen LogP contribution in [0.3, 0.4) is 0 Å². The lowest BCUT2D eigenvalue weighted by Gasteiger charge is -2.10. The zero-order valence-electron chi connectivity index (χ0n) is 16.3. The number of nitrogens with one attached hydrogen (secondary N) is 1. The standard InChI is InChI=1S/C22H20N2O4S/c1-12-4-5-13(2)24(12)21-16(8-9-29-21)22(27)28-11-19(25)15-6-7-18-17(10-15)14(3)20(26)23-18/h4-10,14H,11H2,1-3H3,(H,23,26)/t14-/m0/s1. The molecule has 7 heteroatoms. The molecular formula is C22H20N2O4S. The molecule has 0 radical (unpaired) electrons. The van der Waals surface area contributed by atoms with Gasteiger partial charge < -0.3 is 14.6 Å². The minimum atomic E-state index is -0.534. The number of rotatable bonds is 5. The maximum atomic E-state index is 12.6. The van der Waals surface area contributed by atoms with Gasteiger partial charge in [-0.1, -0.05) is 0 Å². The first-order valence-corrected chi connectivity index (χ1v) is 10.1. The summed E-state index contributed by atoms with van der Waals surface area (Å²) in [6.45, 7) is 5.38. The van der Waals surface area contributed by atoms with E-state index in [0.717, 1.165) is 27.6 Å². The number of ketones is 1. The van der Waals surface area contributed by atoms with Crippen LogP contribution in [0.4, 0.5) is 5.69 Å². The molecule has 1 atom stereocenters. The fourth-order valence-electron chi connectivity index (χ4n) is 3.50. The summed E-state index contributed by atoms with van der Waals surface area (Å²) in [4.78, 5) is 36.9. The number of hydrogen-bond donors (Lipinski definition) is 1. The number of ether oxygens (including phenoxy) is 1. The van der Waals surface area contributed by atoms with Crippen molar-refractivity contribution in [3.05, 3.63) is 69.9 Å². The van der Waals surface area contributed by atoms with E-state index >= 15 is 0 Å². The van der Waals surface area contributed by atoms with E-state index in [2.05, 4.69) is 5.32 Å². The Bertz CT molecular complexity index is 1120. The average Bonchev–Trinajstić information content (AvgIpc) is 3.38. The number of aromatic nitrogens is 1. The van der Waals surface area contributed by atoms with Crippen LogP contribution in [0.25, 0.3) is 5.00 Å². The number of benzene rings is 1. The van der Waals surface area contributed by atoms with Crippen molar-refractivity contribution in [1.82, 2.24) is 4.57 Å². The SMILES string of the molecule is Cc1ccc(C)n1-c1sccc1C(=O)OCC(=O)c1ccc2c(c1)[C@H](C)C(=O)N2. The number of hydrogen-bond acceptors (Lipinski definition) is 5. The van der Waals surface area contributed by atoms with Crippen molar-refractivity contribution in [3.63, 3.8) is 0 Å². The Labute approximate surface area is 172 Å². The van der Waals surface area contributed by atoms with Gasteiger partial charge in [0.25, 0.3) is 0 Å². The van der Waals surface area contributed by atoms with E-state index in [0.29, 0.717) is 11.1 Å². The third-order valence-electron chi connectivity index (χ3n) is 5.16. The van der Waals surface area contributed by atoms with Gasteiger partial charge >= 0.3 is 5.97 Å². The Hall–Kier alpha value is -3.19. The minimum absolute atomic E-state index is 0.0865. The number of carbonyl (C=O) groups excluding carboxylic acids is 3. The lowest BCUT2D eigenvalue weighted by molar-refractivity contribution is -0.116. The molecule has 0 saturated heterocycles. The maximum Gasteiger partial charge on any atom is 0.341 e. The van der Waals surface area contributed by atoms with Gasteiger partial charge in [0.2, 0.25) is 5.91 Å². The summed E-state index contributed by atoms with van der Waals surface area (Å²) >= 11 is 1.45. The van der Waals surface area contributed by atoms with Crippen molar-refractivity contribution in [1.29, 1.82) is 0 Å². The van der Waals surface area contributed by atoms with Gasteiger partial charge in [-0.2, -0.15) is 0 Å². The first-order chi connectivity index (χ1) is 13.9. The summed E-state index contributed by atoms with van der Waals surface area (Å²) in [6.07, 6.45) is 0. The van der Waals surface area contributed by atoms with E-state index < -0.39 is 5.97 Å². The Morgan fingerprint density at radius 1 is 1.14 bits per heavy atom. The Balaban J connectivity index is 1.48. The first kappa shape index (κ1) is 19.1. The van der Waals surface area contributed by atoms with Crippen LogP contribution in [-0.4, -0.2) is 28.8 Å². The summed E-state index contributed by atoms with van der Waals surface area (Å²) in [5.74, 6) is -1.23. The zero-order valence-corrected chi connectivity index (χ0v) is 17.1. The molecule has 1 aromatic carbocycles. The number of esters is 1. The Kier molecular flexibility index (Phi) is 4.84. The molecule has 6 nitrogen and oxygen atoms in total. The fourth-order valence-corrected chi connectivity index (χ4v) is 4.51. The third-order valence-corrected chi connectivity index (χ3v) is 6.06. The summed E-state index contributed by atoms with van der Waals surface area (Å²) in [5, 5.41) is 5.38. The molecule has 1 N–H and O–H groups in total. The van der Waals surface area contributed by atoms with Crippen molar-refractivity contribution < 1.29 is 19.1 Å². The monoisotopic (exact) mass is 408 g/mol. The normalized spacial score (nSPS) is 15.1. The van der Waals surface area contributed by atoms with E-state index in [1.807, 2.05) is 35.9 Å². The number of Topliss-reactive ketones (excluding diaryl/α,β-unsaturated/α-hetero) is 1. The lowest BCUT2D eigenvalue weighted by Crippen LogP contribution is -2.15. The van der Waals surface area contributed by atoms with E-state index in [1.54, 1.807) is 31.2 Å². The number of thiophene rings is 1. The number of anilines is 1. The second-order valence-electron chi connectivity index (χ2n) is 7.10. The van der Waals surface area contributed by atoms with Crippen molar-refractivity contribution in [3.8, 4) is 5.00 Å². The number of nitrogens with zero attached hydrogens (tertiary/aromatic N) is 1. The van der Waals surface area contributed by atoms with E-state index in [1.165, 1.54) is 11.3 Å². The highest BCUT2D eigenvalue weighted by Gasteiger charge is 2.27. The molecule has 148 valence electrons. The van der Waals surface area contributed by atoms with Crippen LogP contribution < -0.4 is 5.32 Å². The molecule has 0 bridgehead atoms. The molecule has 0 aliphatic carbocycles. The van der Waals surface area contributed by atoms with E-state index in [9.17, 15) is 14.4 Å². The van der Waals surface area contributed by atoms with Gasteiger partial charge in [0.1, 0.15) is 5.00 Å². The van der Waals surface area contributed by atoms with Gasteiger partial charge in [-0.25, -0.2) is 4.79 Å². The lowest BCUT2D eigenvalue weighted by atomic mass is 9.99. The predicted molar refractivity (Wildman–Crippen MR) is 111 cm³/mol. The smallest absolute Gasteiger partial charge is 0.341 e. The van der Waals surface area contributed by atoms with Crippen LogP contribution in [0.1, 0.15) is 50.5 Å². The quantitative estimate of drug-likeness (QED) is 0.506. The number of aryl methyl sites for hydroxylation is 2. The fraction of sp³-hybridized carbons (Fsp3) is 0.227. The maximum absolute atomic E-state index is 12.6. The molecule has 0 spiro atoms. The van der Waals surface area contributed by atoms with Gasteiger partial charge in [0.15, 0.2) is 12.4 Å². The molecule has 29 heavy (non-hydrogen) atoms. The molecule has 0 unspecified atom stereocenters. The largest absolute Gasteiger partial charge is 0.454 e. The summed E-state index contributed by atoms with van der Waals surface area (Å²) in [5.41, 5.74) is 4.39. The molecule has 0 fully saturated rings. The molecule has 2 aromatic heterocycles. The highest BCUT2D eigenvalue weighted by atomic mass is 32.1. The van der Waals surface area contributed by atoms with Crippen LogP contribution in [-0.2, 0) is 9.53 Å². The van der Waals surface area contributed by atoms with E-state index in [4.69, 9.17) is 4.74 Å².